The molecule has 0 fully saturated rings. The van der Waals surface area contributed by atoms with E-state index < -0.39 is 29.6 Å². The van der Waals surface area contributed by atoms with Crippen molar-refractivity contribution >= 4 is 11.9 Å². The highest BCUT2D eigenvalue weighted by atomic mass is 19.1. The van der Waals surface area contributed by atoms with Gasteiger partial charge in [0.2, 0.25) is 0 Å². The molecule has 0 bridgehead atoms. The van der Waals surface area contributed by atoms with Crippen LogP contribution in [-0.4, -0.2) is 23.0 Å². The lowest BCUT2D eigenvalue weighted by molar-refractivity contribution is -0.139. The molecule has 0 aromatic heterocycles. The Balaban J connectivity index is 1.52. The Morgan fingerprint density at radius 1 is 0.711 bits per heavy atom. The third-order valence-electron chi connectivity index (χ3n) is 5.65. The van der Waals surface area contributed by atoms with Crippen molar-refractivity contribution < 1.29 is 33.0 Å². The Morgan fingerprint density at radius 2 is 1.26 bits per heavy atom. The number of amides is 1. The highest BCUT2D eigenvalue weighted by Crippen LogP contribution is 2.30. The summed E-state index contributed by atoms with van der Waals surface area (Å²) in [7, 11) is 0. The third kappa shape index (κ3) is 7.39. The van der Waals surface area contributed by atoms with Gasteiger partial charge in [0.25, 0.3) is 5.91 Å². The maximum absolute atomic E-state index is 13.5. The number of aliphatic carboxylic acids is 1. The van der Waals surface area contributed by atoms with Gasteiger partial charge in [0.05, 0.1) is 0 Å². The predicted molar refractivity (Wildman–Crippen MR) is 137 cm³/mol. The number of carboxylic acids is 1. The molecule has 4 aromatic rings. The van der Waals surface area contributed by atoms with Gasteiger partial charge in [-0.25, -0.2) is 13.6 Å². The normalized spacial score (nSPS) is 11.4. The molecule has 0 heterocycles. The van der Waals surface area contributed by atoms with Gasteiger partial charge in [-0.1, -0.05) is 66.7 Å². The van der Waals surface area contributed by atoms with E-state index in [1.54, 1.807) is 18.2 Å². The van der Waals surface area contributed by atoms with E-state index in [-0.39, 0.29) is 18.6 Å². The van der Waals surface area contributed by atoms with Crippen LogP contribution in [0.5, 0.6) is 11.5 Å². The number of hydrogen-bond donors (Lipinski definition) is 2. The number of carboxylic acid groups (broad SMARTS) is 1. The Morgan fingerprint density at radius 3 is 1.82 bits per heavy atom. The SMILES string of the molecule is O=C(N[C@@H](Cc1ccc(OCc2ccccc2)c(OCc2ccccc2)c1)C(=O)O)c1cc(F)cc(F)c1. The summed E-state index contributed by atoms with van der Waals surface area (Å²) in [6.45, 7) is 0.566. The molecule has 0 aliphatic heterocycles. The zero-order valence-corrected chi connectivity index (χ0v) is 20.3. The van der Waals surface area contributed by atoms with E-state index >= 15 is 0 Å². The molecule has 194 valence electrons. The summed E-state index contributed by atoms with van der Waals surface area (Å²) < 4.78 is 39.0. The van der Waals surface area contributed by atoms with Crippen molar-refractivity contribution in [1.29, 1.82) is 0 Å². The molecule has 6 nitrogen and oxygen atoms in total. The average molecular weight is 518 g/mol. The Hall–Kier alpha value is -4.72. The monoisotopic (exact) mass is 517 g/mol. The summed E-state index contributed by atoms with van der Waals surface area (Å²) in [5.74, 6) is -3.20. The van der Waals surface area contributed by atoms with E-state index in [9.17, 15) is 23.5 Å². The maximum atomic E-state index is 13.5. The second-order valence-electron chi connectivity index (χ2n) is 8.56. The Labute approximate surface area is 218 Å². The number of carbonyl (C=O) groups is 2. The van der Waals surface area contributed by atoms with Crippen LogP contribution in [0.3, 0.4) is 0 Å². The zero-order chi connectivity index (χ0) is 26.9. The van der Waals surface area contributed by atoms with Crippen molar-refractivity contribution in [3.63, 3.8) is 0 Å². The second kappa shape index (κ2) is 12.5. The predicted octanol–water partition coefficient (Wildman–Crippen LogP) is 5.55. The number of hydrogen-bond acceptors (Lipinski definition) is 4. The largest absolute Gasteiger partial charge is 0.485 e. The van der Waals surface area contributed by atoms with Crippen LogP contribution < -0.4 is 14.8 Å². The molecule has 4 aromatic carbocycles. The molecular weight excluding hydrogens is 492 g/mol. The Bertz CT molecular complexity index is 1380. The van der Waals surface area contributed by atoms with Gasteiger partial charge in [0.1, 0.15) is 30.9 Å². The van der Waals surface area contributed by atoms with Gasteiger partial charge in [-0.2, -0.15) is 0 Å². The van der Waals surface area contributed by atoms with Crippen molar-refractivity contribution in [3.05, 3.63) is 131 Å². The van der Waals surface area contributed by atoms with E-state index in [4.69, 9.17) is 9.47 Å². The van der Waals surface area contributed by atoms with Crippen LogP contribution in [0.1, 0.15) is 27.0 Å². The van der Waals surface area contributed by atoms with Crippen LogP contribution in [0.15, 0.2) is 97.1 Å². The third-order valence-corrected chi connectivity index (χ3v) is 5.65. The maximum Gasteiger partial charge on any atom is 0.326 e. The first-order valence-corrected chi connectivity index (χ1v) is 11.8. The first kappa shape index (κ1) is 26.3. The van der Waals surface area contributed by atoms with Gasteiger partial charge >= 0.3 is 5.97 Å². The molecule has 1 amide bonds. The minimum atomic E-state index is -1.35. The minimum Gasteiger partial charge on any atom is -0.485 e. The summed E-state index contributed by atoms with van der Waals surface area (Å²) >= 11 is 0. The van der Waals surface area contributed by atoms with Gasteiger partial charge in [-0.3, -0.25) is 4.79 Å². The molecule has 38 heavy (non-hydrogen) atoms. The van der Waals surface area contributed by atoms with Gasteiger partial charge < -0.3 is 19.9 Å². The number of benzene rings is 4. The van der Waals surface area contributed by atoms with E-state index in [1.165, 1.54) is 0 Å². The quantitative estimate of drug-likeness (QED) is 0.273. The molecule has 0 unspecified atom stereocenters. The molecule has 8 heteroatoms. The zero-order valence-electron chi connectivity index (χ0n) is 20.3. The molecule has 0 spiro atoms. The standard InChI is InChI=1S/C30H25F2NO5/c31-24-15-23(16-25(32)17-24)29(34)33-26(30(35)36)13-22-11-12-27(37-18-20-7-3-1-4-8-20)28(14-22)38-19-21-9-5-2-6-10-21/h1-12,14-17,26H,13,18-19H2,(H,33,34)(H,35,36)/t26-/m0/s1. The minimum absolute atomic E-state index is 0.0977. The van der Waals surface area contributed by atoms with Crippen LogP contribution in [0, 0.1) is 11.6 Å². The topological polar surface area (TPSA) is 84.9 Å². The fourth-order valence-electron chi connectivity index (χ4n) is 3.74. The highest BCUT2D eigenvalue weighted by molar-refractivity contribution is 5.96. The van der Waals surface area contributed by atoms with Crippen LogP contribution >= 0.6 is 0 Å². The lowest BCUT2D eigenvalue weighted by atomic mass is 10.0. The number of carbonyl (C=O) groups excluding carboxylic acids is 1. The lowest BCUT2D eigenvalue weighted by Gasteiger charge is -2.17. The number of rotatable bonds is 11. The fourth-order valence-corrected chi connectivity index (χ4v) is 3.74. The molecule has 1 atom stereocenters. The fraction of sp³-hybridized carbons (Fsp3) is 0.133. The van der Waals surface area contributed by atoms with Gasteiger partial charge in [-0.05, 0) is 41.0 Å². The first-order chi connectivity index (χ1) is 18.4. The van der Waals surface area contributed by atoms with E-state index in [1.807, 2.05) is 60.7 Å². The van der Waals surface area contributed by atoms with Crippen LogP contribution in [0.2, 0.25) is 0 Å². The lowest BCUT2D eigenvalue weighted by Crippen LogP contribution is -2.42. The number of nitrogens with one attached hydrogen (secondary N) is 1. The smallest absolute Gasteiger partial charge is 0.326 e. The van der Waals surface area contributed by atoms with Crippen molar-refractivity contribution in [2.24, 2.45) is 0 Å². The van der Waals surface area contributed by atoms with Gasteiger partial charge in [-0.15, -0.1) is 0 Å². The summed E-state index contributed by atoms with van der Waals surface area (Å²) in [6, 6.07) is 25.1. The molecule has 0 aliphatic rings. The van der Waals surface area contributed by atoms with E-state index in [0.29, 0.717) is 29.7 Å². The molecule has 2 N–H and O–H groups in total. The highest BCUT2D eigenvalue weighted by Gasteiger charge is 2.23. The summed E-state index contributed by atoms with van der Waals surface area (Å²) in [5, 5.41) is 12.0. The molecule has 0 aliphatic carbocycles. The van der Waals surface area contributed by atoms with Crippen LogP contribution in [-0.2, 0) is 24.4 Å². The van der Waals surface area contributed by atoms with Crippen molar-refractivity contribution in [2.45, 2.75) is 25.7 Å². The van der Waals surface area contributed by atoms with Gasteiger partial charge in [0.15, 0.2) is 11.5 Å². The molecule has 0 saturated carbocycles. The van der Waals surface area contributed by atoms with E-state index in [0.717, 1.165) is 23.3 Å². The summed E-state index contributed by atoms with van der Waals surface area (Å²) in [6.07, 6.45) is -0.0977. The van der Waals surface area contributed by atoms with Crippen molar-refractivity contribution in [1.82, 2.24) is 5.32 Å². The van der Waals surface area contributed by atoms with Crippen molar-refractivity contribution in [3.8, 4) is 11.5 Å². The summed E-state index contributed by atoms with van der Waals surface area (Å²) in [4.78, 5) is 24.4. The molecule has 0 radical (unpaired) electrons. The molecule has 4 rings (SSSR count). The van der Waals surface area contributed by atoms with Crippen molar-refractivity contribution in [2.75, 3.05) is 0 Å². The second-order valence-corrected chi connectivity index (χ2v) is 8.56. The molecule has 0 saturated heterocycles. The number of ether oxygens (including phenoxy) is 2. The number of halogens is 2. The van der Waals surface area contributed by atoms with E-state index in [2.05, 4.69) is 5.32 Å². The van der Waals surface area contributed by atoms with Crippen LogP contribution in [0.4, 0.5) is 8.78 Å². The van der Waals surface area contributed by atoms with Crippen LogP contribution in [0.25, 0.3) is 0 Å². The molecular formula is C30H25F2NO5. The average Bonchev–Trinajstić information content (AvgIpc) is 2.91. The Kier molecular flexibility index (Phi) is 8.66. The first-order valence-electron chi connectivity index (χ1n) is 11.8. The van der Waals surface area contributed by atoms with Gasteiger partial charge in [0, 0.05) is 18.1 Å². The summed E-state index contributed by atoms with van der Waals surface area (Å²) in [5.41, 5.74) is 2.14.